The Labute approximate surface area is 175 Å². The third-order valence-corrected chi connectivity index (χ3v) is 5.44. The lowest BCUT2D eigenvalue weighted by atomic mass is 10.1. The second kappa shape index (κ2) is 8.10. The molecule has 1 N–H and O–H groups in total. The molecule has 0 unspecified atom stereocenters. The summed E-state index contributed by atoms with van der Waals surface area (Å²) in [6, 6.07) is 7.74. The lowest BCUT2D eigenvalue weighted by Gasteiger charge is -2.35. The van der Waals surface area contributed by atoms with Crippen LogP contribution in [0.4, 0.5) is 17.5 Å². The van der Waals surface area contributed by atoms with E-state index in [1.165, 1.54) is 0 Å². The molecule has 0 bridgehead atoms. The third kappa shape index (κ3) is 3.96. The SMILES string of the molecule is Cc1ccnc(Nc2ccc(N3CCN(C(=O)c4c(C)nn(C)c4C)CC3)nn2)c1. The minimum absolute atomic E-state index is 0.0500. The monoisotopic (exact) mass is 406 g/mol. The number of anilines is 3. The van der Waals surface area contributed by atoms with Crippen molar-refractivity contribution in [3.05, 3.63) is 53.0 Å². The molecule has 30 heavy (non-hydrogen) atoms. The summed E-state index contributed by atoms with van der Waals surface area (Å²) in [4.78, 5) is 21.3. The normalized spacial score (nSPS) is 14.1. The van der Waals surface area contributed by atoms with Gasteiger partial charge in [0.15, 0.2) is 11.6 Å². The lowest BCUT2D eigenvalue weighted by Crippen LogP contribution is -2.49. The molecule has 4 rings (SSSR count). The Morgan fingerprint density at radius 2 is 1.77 bits per heavy atom. The van der Waals surface area contributed by atoms with Crippen molar-refractivity contribution in [1.29, 1.82) is 0 Å². The highest BCUT2D eigenvalue weighted by Crippen LogP contribution is 2.19. The Kier molecular flexibility index (Phi) is 5.35. The molecule has 156 valence electrons. The molecule has 1 aliphatic heterocycles. The van der Waals surface area contributed by atoms with Crippen LogP contribution in [0.5, 0.6) is 0 Å². The van der Waals surface area contributed by atoms with Gasteiger partial charge in [-0.1, -0.05) is 0 Å². The summed E-state index contributed by atoms with van der Waals surface area (Å²) in [6.45, 7) is 8.54. The second-order valence-electron chi connectivity index (χ2n) is 7.57. The van der Waals surface area contributed by atoms with Crippen LogP contribution in [0.1, 0.15) is 27.3 Å². The van der Waals surface area contributed by atoms with Crippen molar-refractivity contribution in [3.63, 3.8) is 0 Å². The molecular weight excluding hydrogens is 380 g/mol. The number of nitrogens with zero attached hydrogens (tertiary/aromatic N) is 7. The first-order valence-corrected chi connectivity index (χ1v) is 10.00. The van der Waals surface area contributed by atoms with Crippen molar-refractivity contribution in [2.45, 2.75) is 20.8 Å². The number of rotatable bonds is 4. The van der Waals surface area contributed by atoms with E-state index < -0.39 is 0 Å². The van der Waals surface area contributed by atoms with E-state index in [0.717, 1.165) is 28.6 Å². The minimum atomic E-state index is 0.0500. The zero-order valence-corrected chi connectivity index (χ0v) is 17.8. The maximum absolute atomic E-state index is 13.0. The fourth-order valence-electron chi connectivity index (χ4n) is 3.68. The van der Waals surface area contributed by atoms with Crippen LogP contribution in [-0.2, 0) is 7.05 Å². The molecule has 3 aromatic rings. The molecule has 0 atom stereocenters. The van der Waals surface area contributed by atoms with E-state index in [9.17, 15) is 4.79 Å². The van der Waals surface area contributed by atoms with E-state index in [1.807, 2.05) is 57.0 Å². The van der Waals surface area contributed by atoms with Crippen molar-refractivity contribution in [2.75, 3.05) is 36.4 Å². The first-order chi connectivity index (χ1) is 14.4. The van der Waals surface area contributed by atoms with Gasteiger partial charge in [0, 0.05) is 45.1 Å². The van der Waals surface area contributed by atoms with E-state index in [0.29, 0.717) is 37.6 Å². The number of nitrogens with one attached hydrogen (secondary N) is 1. The van der Waals surface area contributed by atoms with Crippen LogP contribution in [0.3, 0.4) is 0 Å². The number of aryl methyl sites for hydroxylation is 3. The Balaban J connectivity index is 1.37. The van der Waals surface area contributed by atoms with Crippen molar-refractivity contribution >= 4 is 23.4 Å². The molecule has 0 aliphatic carbocycles. The maximum atomic E-state index is 13.0. The van der Waals surface area contributed by atoms with E-state index >= 15 is 0 Å². The van der Waals surface area contributed by atoms with Gasteiger partial charge < -0.3 is 15.1 Å². The molecule has 0 spiro atoms. The van der Waals surface area contributed by atoms with Gasteiger partial charge >= 0.3 is 0 Å². The van der Waals surface area contributed by atoms with Crippen LogP contribution < -0.4 is 10.2 Å². The summed E-state index contributed by atoms with van der Waals surface area (Å²) in [5.41, 5.74) is 3.52. The average molecular weight is 406 g/mol. The summed E-state index contributed by atoms with van der Waals surface area (Å²) >= 11 is 0. The van der Waals surface area contributed by atoms with Gasteiger partial charge in [-0.3, -0.25) is 9.48 Å². The standard InChI is InChI=1S/C21H26N8O/c1-14-7-8-22-18(13-14)23-17-5-6-19(25-24-17)28-9-11-29(12-10-28)21(30)20-15(2)26-27(4)16(20)3/h5-8,13H,9-12H2,1-4H3,(H,22,23,24). The van der Waals surface area contributed by atoms with Gasteiger partial charge in [0.2, 0.25) is 0 Å². The highest BCUT2D eigenvalue weighted by atomic mass is 16.2. The van der Waals surface area contributed by atoms with Gasteiger partial charge in [0.1, 0.15) is 5.82 Å². The van der Waals surface area contributed by atoms with Crippen LogP contribution >= 0.6 is 0 Å². The Morgan fingerprint density at radius 3 is 2.37 bits per heavy atom. The number of hydrogen-bond acceptors (Lipinski definition) is 7. The number of piperazine rings is 1. The van der Waals surface area contributed by atoms with Gasteiger partial charge in [-0.05, 0) is 50.6 Å². The Morgan fingerprint density at radius 1 is 1.00 bits per heavy atom. The number of aromatic nitrogens is 5. The third-order valence-electron chi connectivity index (χ3n) is 5.44. The summed E-state index contributed by atoms with van der Waals surface area (Å²) < 4.78 is 1.76. The first kappa shape index (κ1) is 19.8. The zero-order chi connectivity index (χ0) is 21.3. The summed E-state index contributed by atoms with van der Waals surface area (Å²) in [7, 11) is 1.86. The molecule has 1 aliphatic rings. The number of amides is 1. The highest BCUT2D eigenvalue weighted by molar-refractivity contribution is 5.96. The summed E-state index contributed by atoms with van der Waals surface area (Å²) in [5, 5.41) is 16.1. The minimum Gasteiger partial charge on any atom is -0.352 e. The molecule has 4 heterocycles. The van der Waals surface area contributed by atoms with E-state index in [2.05, 4.69) is 30.5 Å². The van der Waals surface area contributed by atoms with E-state index in [4.69, 9.17) is 0 Å². The van der Waals surface area contributed by atoms with Crippen LogP contribution in [0.2, 0.25) is 0 Å². The van der Waals surface area contributed by atoms with Crippen LogP contribution in [0.15, 0.2) is 30.5 Å². The van der Waals surface area contributed by atoms with Gasteiger partial charge in [0.25, 0.3) is 5.91 Å². The lowest BCUT2D eigenvalue weighted by molar-refractivity contribution is 0.0745. The van der Waals surface area contributed by atoms with Crippen molar-refractivity contribution in [3.8, 4) is 0 Å². The topological polar surface area (TPSA) is 92.1 Å². The summed E-state index contributed by atoms with van der Waals surface area (Å²) in [6.07, 6.45) is 1.76. The van der Waals surface area contributed by atoms with Gasteiger partial charge in [-0.2, -0.15) is 5.10 Å². The van der Waals surface area contributed by atoms with Crippen molar-refractivity contribution < 1.29 is 4.79 Å². The van der Waals surface area contributed by atoms with Gasteiger partial charge in [-0.15, -0.1) is 10.2 Å². The Hall–Kier alpha value is -3.49. The molecule has 9 heteroatoms. The molecule has 1 amide bonds. The second-order valence-corrected chi connectivity index (χ2v) is 7.57. The van der Waals surface area contributed by atoms with Crippen LogP contribution in [0.25, 0.3) is 0 Å². The highest BCUT2D eigenvalue weighted by Gasteiger charge is 2.27. The predicted molar refractivity (Wildman–Crippen MR) is 115 cm³/mol. The molecule has 1 saturated heterocycles. The zero-order valence-electron chi connectivity index (χ0n) is 17.8. The van der Waals surface area contributed by atoms with Gasteiger partial charge in [0.05, 0.1) is 11.3 Å². The number of pyridine rings is 1. The molecule has 9 nitrogen and oxygen atoms in total. The fraction of sp³-hybridized carbons (Fsp3) is 0.381. The van der Waals surface area contributed by atoms with Gasteiger partial charge in [-0.25, -0.2) is 4.98 Å². The molecule has 0 radical (unpaired) electrons. The van der Waals surface area contributed by atoms with E-state index in [1.54, 1.807) is 10.9 Å². The summed E-state index contributed by atoms with van der Waals surface area (Å²) in [5.74, 6) is 2.24. The molecule has 1 fully saturated rings. The molecular formula is C21H26N8O. The fourth-order valence-corrected chi connectivity index (χ4v) is 3.68. The number of hydrogen-bond donors (Lipinski definition) is 1. The van der Waals surface area contributed by atoms with Crippen LogP contribution in [-0.4, -0.2) is 61.9 Å². The van der Waals surface area contributed by atoms with Crippen LogP contribution in [0, 0.1) is 20.8 Å². The van der Waals surface area contributed by atoms with Crippen molar-refractivity contribution in [1.82, 2.24) is 29.9 Å². The first-order valence-electron chi connectivity index (χ1n) is 10.00. The number of carbonyl (C=O) groups is 1. The molecule has 0 aromatic carbocycles. The smallest absolute Gasteiger partial charge is 0.257 e. The quantitative estimate of drug-likeness (QED) is 0.710. The predicted octanol–water partition coefficient (Wildman–Crippen LogP) is 2.24. The molecule has 0 saturated carbocycles. The Bertz CT molecular complexity index is 1050. The molecule has 3 aromatic heterocycles. The average Bonchev–Trinajstić information content (AvgIpc) is 3.00. The van der Waals surface area contributed by atoms with E-state index in [-0.39, 0.29) is 5.91 Å². The maximum Gasteiger partial charge on any atom is 0.257 e. The number of carbonyl (C=O) groups excluding carboxylic acids is 1. The largest absolute Gasteiger partial charge is 0.352 e. The van der Waals surface area contributed by atoms with Crippen molar-refractivity contribution in [2.24, 2.45) is 7.05 Å².